The molecule has 1 saturated carbocycles. The summed E-state index contributed by atoms with van der Waals surface area (Å²) >= 11 is 0. The molecule has 29 heavy (non-hydrogen) atoms. The molecular formula is C23H29N3O3. The first-order valence-electron chi connectivity index (χ1n) is 10.3. The molecule has 0 saturated heterocycles. The SMILES string of the molecule is CCOc1cc(C=NNc2ccccc2)ccc1OCC(=O)NC1CCCCC1. The largest absolute Gasteiger partial charge is 0.490 e. The Balaban J connectivity index is 1.56. The lowest BCUT2D eigenvalue weighted by molar-refractivity contribution is -0.124. The number of carbonyl (C=O) groups is 1. The molecule has 2 aromatic rings. The van der Waals surface area contributed by atoms with E-state index in [0.717, 1.165) is 24.1 Å². The highest BCUT2D eigenvalue weighted by Crippen LogP contribution is 2.28. The number of carbonyl (C=O) groups excluding carboxylic acids is 1. The number of benzene rings is 2. The zero-order valence-corrected chi connectivity index (χ0v) is 16.9. The Kier molecular flexibility index (Phi) is 7.92. The fourth-order valence-corrected chi connectivity index (χ4v) is 3.35. The third-order valence-electron chi connectivity index (χ3n) is 4.78. The van der Waals surface area contributed by atoms with Gasteiger partial charge in [-0.15, -0.1) is 0 Å². The third kappa shape index (κ3) is 6.82. The summed E-state index contributed by atoms with van der Waals surface area (Å²) in [5.41, 5.74) is 4.77. The van der Waals surface area contributed by atoms with Crippen molar-refractivity contribution in [1.29, 1.82) is 0 Å². The normalized spacial score (nSPS) is 14.5. The predicted octanol–water partition coefficient (Wildman–Crippen LogP) is 4.36. The van der Waals surface area contributed by atoms with Crippen molar-refractivity contribution in [3.63, 3.8) is 0 Å². The average Bonchev–Trinajstić information content (AvgIpc) is 2.75. The van der Waals surface area contributed by atoms with E-state index in [1.54, 1.807) is 6.21 Å². The van der Waals surface area contributed by atoms with Crippen LogP contribution >= 0.6 is 0 Å². The van der Waals surface area contributed by atoms with Crippen LogP contribution in [0.15, 0.2) is 53.6 Å². The molecule has 0 bridgehead atoms. The Morgan fingerprint density at radius 2 is 1.86 bits per heavy atom. The summed E-state index contributed by atoms with van der Waals surface area (Å²) in [6, 6.07) is 15.6. The Labute approximate surface area is 172 Å². The average molecular weight is 396 g/mol. The van der Waals surface area contributed by atoms with Crippen molar-refractivity contribution in [2.75, 3.05) is 18.6 Å². The molecule has 3 rings (SSSR count). The quantitative estimate of drug-likeness (QED) is 0.489. The number of amides is 1. The minimum absolute atomic E-state index is 0.0143. The molecule has 0 aromatic heterocycles. The molecular weight excluding hydrogens is 366 g/mol. The summed E-state index contributed by atoms with van der Waals surface area (Å²) in [5, 5.41) is 7.31. The fraction of sp³-hybridized carbons (Fsp3) is 0.391. The Hall–Kier alpha value is -3.02. The van der Waals surface area contributed by atoms with E-state index in [1.807, 2.05) is 55.5 Å². The molecule has 1 fully saturated rings. The van der Waals surface area contributed by atoms with E-state index in [1.165, 1.54) is 19.3 Å². The van der Waals surface area contributed by atoms with Crippen molar-refractivity contribution >= 4 is 17.8 Å². The zero-order chi connectivity index (χ0) is 20.3. The van der Waals surface area contributed by atoms with Gasteiger partial charge in [0, 0.05) is 6.04 Å². The van der Waals surface area contributed by atoms with Crippen LogP contribution in [0.1, 0.15) is 44.6 Å². The lowest BCUT2D eigenvalue weighted by Gasteiger charge is -2.22. The second kappa shape index (κ2) is 11.1. The summed E-state index contributed by atoms with van der Waals surface area (Å²) in [6.45, 7) is 2.41. The second-order valence-electron chi connectivity index (χ2n) is 7.07. The molecule has 154 valence electrons. The summed E-state index contributed by atoms with van der Waals surface area (Å²) in [7, 11) is 0. The molecule has 0 heterocycles. The minimum atomic E-state index is -0.0861. The van der Waals surface area contributed by atoms with Gasteiger partial charge in [-0.1, -0.05) is 37.5 Å². The summed E-state index contributed by atoms with van der Waals surface area (Å²) in [4.78, 5) is 12.2. The van der Waals surface area contributed by atoms with Crippen LogP contribution in [0.4, 0.5) is 5.69 Å². The number of hydrogen-bond acceptors (Lipinski definition) is 5. The number of rotatable bonds is 9. The number of anilines is 1. The Morgan fingerprint density at radius 3 is 2.62 bits per heavy atom. The number of nitrogens with zero attached hydrogens (tertiary/aromatic N) is 1. The van der Waals surface area contributed by atoms with Crippen LogP contribution in [0.25, 0.3) is 0 Å². The maximum atomic E-state index is 12.2. The zero-order valence-electron chi connectivity index (χ0n) is 16.9. The van der Waals surface area contributed by atoms with E-state index in [-0.39, 0.29) is 18.6 Å². The molecule has 1 aliphatic carbocycles. The first kappa shape index (κ1) is 20.7. The number of nitrogens with one attached hydrogen (secondary N) is 2. The van der Waals surface area contributed by atoms with Gasteiger partial charge in [-0.2, -0.15) is 5.10 Å². The Morgan fingerprint density at radius 1 is 1.07 bits per heavy atom. The van der Waals surface area contributed by atoms with Crippen LogP contribution in [-0.4, -0.2) is 31.4 Å². The number of hydrogen-bond donors (Lipinski definition) is 2. The third-order valence-corrected chi connectivity index (χ3v) is 4.78. The van der Waals surface area contributed by atoms with E-state index in [0.29, 0.717) is 18.1 Å². The minimum Gasteiger partial charge on any atom is -0.490 e. The molecule has 0 radical (unpaired) electrons. The van der Waals surface area contributed by atoms with Crippen molar-refractivity contribution < 1.29 is 14.3 Å². The van der Waals surface area contributed by atoms with Gasteiger partial charge in [0.15, 0.2) is 18.1 Å². The molecule has 2 N–H and O–H groups in total. The van der Waals surface area contributed by atoms with Crippen molar-refractivity contribution in [2.24, 2.45) is 5.10 Å². The van der Waals surface area contributed by atoms with Crippen LogP contribution in [0.5, 0.6) is 11.5 Å². The van der Waals surface area contributed by atoms with E-state index in [2.05, 4.69) is 15.8 Å². The smallest absolute Gasteiger partial charge is 0.258 e. The van der Waals surface area contributed by atoms with Gasteiger partial charge < -0.3 is 14.8 Å². The van der Waals surface area contributed by atoms with Gasteiger partial charge in [-0.25, -0.2) is 0 Å². The molecule has 1 aliphatic rings. The summed E-state index contributed by atoms with van der Waals surface area (Å²) in [6.07, 6.45) is 7.46. The van der Waals surface area contributed by atoms with Crippen LogP contribution in [-0.2, 0) is 4.79 Å². The summed E-state index contributed by atoms with van der Waals surface area (Å²) in [5.74, 6) is 1.07. The van der Waals surface area contributed by atoms with Crippen LogP contribution in [0.2, 0.25) is 0 Å². The molecule has 0 atom stereocenters. The number of hydrazone groups is 1. The predicted molar refractivity (Wildman–Crippen MR) is 116 cm³/mol. The van der Waals surface area contributed by atoms with Gasteiger partial charge in [-0.3, -0.25) is 10.2 Å². The van der Waals surface area contributed by atoms with Crippen LogP contribution in [0.3, 0.4) is 0 Å². The van der Waals surface area contributed by atoms with Crippen molar-refractivity contribution in [3.8, 4) is 11.5 Å². The molecule has 0 aliphatic heterocycles. The van der Waals surface area contributed by atoms with Gasteiger partial charge in [0.05, 0.1) is 18.5 Å². The molecule has 1 amide bonds. The van der Waals surface area contributed by atoms with E-state index in [4.69, 9.17) is 9.47 Å². The molecule has 0 spiro atoms. The van der Waals surface area contributed by atoms with Gasteiger partial charge >= 0.3 is 0 Å². The lowest BCUT2D eigenvalue weighted by atomic mass is 9.95. The van der Waals surface area contributed by atoms with Gasteiger partial charge in [-0.05, 0) is 55.7 Å². The fourth-order valence-electron chi connectivity index (χ4n) is 3.35. The van der Waals surface area contributed by atoms with Crippen LogP contribution < -0.4 is 20.2 Å². The highest BCUT2D eigenvalue weighted by atomic mass is 16.5. The highest BCUT2D eigenvalue weighted by molar-refractivity contribution is 5.82. The summed E-state index contributed by atoms with van der Waals surface area (Å²) < 4.78 is 11.4. The first-order chi connectivity index (χ1) is 14.2. The second-order valence-corrected chi connectivity index (χ2v) is 7.07. The lowest BCUT2D eigenvalue weighted by Crippen LogP contribution is -2.39. The maximum Gasteiger partial charge on any atom is 0.258 e. The topological polar surface area (TPSA) is 71.9 Å². The highest BCUT2D eigenvalue weighted by Gasteiger charge is 2.16. The standard InChI is InChI=1S/C23H29N3O3/c1-2-28-22-15-18(16-24-26-20-11-7-4-8-12-20)13-14-21(22)29-17-23(27)25-19-9-5-3-6-10-19/h4,7-8,11-16,19,26H,2-3,5-6,9-10,17H2,1H3,(H,25,27). The van der Waals surface area contributed by atoms with Crippen molar-refractivity contribution in [1.82, 2.24) is 5.32 Å². The molecule has 6 nitrogen and oxygen atoms in total. The molecule has 0 unspecified atom stereocenters. The monoisotopic (exact) mass is 395 g/mol. The number of para-hydroxylation sites is 1. The van der Waals surface area contributed by atoms with E-state index >= 15 is 0 Å². The first-order valence-corrected chi connectivity index (χ1v) is 10.3. The molecule has 6 heteroatoms. The van der Waals surface area contributed by atoms with E-state index in [9.17, 15) is 4.79 Å². The van der Waals surface area contributed by atoms with Crippen LogP contribution in [0, 0.1) is 0 Å². The van der Waals surface area contributed by atoms with Crippen molar-refractivity contribution in [2.45, 2.75) is 45.1 Å². The van der Waals surface area contributed by atoms with Gasteiger partial charge in [0.2, 0.25) is 0 Å². The number of ether oxygens (including phenoxy) is 2. The Bertz CT molecular complexity index is 802. The van der Waals surface area contributed by atoms with E-state index < -0.39 is 0 Å². The maximum absolute atomic E-state index is 12.2. The van der Waals surface area contributed by atoms with Gasteiger partial charge in [0.1, 0.15) is 0 Å². The molecule has 2 aromatic carbocycles. The van der Waals surface area contributed by atoms with Crippen molar-refractivity contribution in [3.05, 3.63) is 54.1 Å². The van der Waals surface area contributed by atoms with Gasteiger partial charge in [0.25, 0.3) is 5.91 Å².